The van der Waals surface area contributed by atoms with Gasteiger partial charge in [-0.25, -0.2) is 0 Å². The Kier molecular flexibility index (Phi) is 8.55. The molecule has 2 N–H and O–H groups in total. The number of benzene rings is 2. The summed E-state index contributed by atoms with van der Waals surface area (Å²) in [6.45, 7) is 5.23. The van der Waals surface area contributed by atoms with Crippen LogP contribution < -0.4 is 25.0 Å². The van der Waals surface area contributed by atoms with Crippen molar-refractivity contribution < 1.29 is 14.2 Å². The van der Waals surface area contributed by atoms with E-state index in [1.165, 1.54) is 0 Å². The van der Waals surface area contributed by atoms with Gasteiger partial charge in [0.2, 0.25) is 0 Å². The number of ether oxygens (including phenoxy) is 3. The molecule has 0 radical (unpaired) electrons. The van der Waals surface area contributed by atoms with Crippen LogP contribution in [0, 0.1) is 13.8 Å². The zero-order chi connectivity index (χ0) is 20.4. The third-order valence-corrected chi connectivity index (χ3v) is 4.29. The maximum atomic E-state index is 5.90. The lowest BCUT2D eigenvalue weighted by Gasteiger charge is -2.13. The van der Waals surface area contributed by atoms with Gasteiger partial charge in [0.1, 0.15) is 5.75 Å². The average molecular weight is 402 g/mol. The van der Waals surface area contributed by atoms with Crippen molar-refractivity contribution in [1.29, 1.82) is 0 Å². The molecule has 0 saturated carbocycles. The number of hydrazone groups is 1. The standard InChI is InChI=1S/C21H27N3O3S/c1-15-7-5-8-16(2)20(15)27-12-6-11-26-18-10-9-17(13-19(18)25-4)14-23-24-21(28)22-3/h5,7-10,13-14H,6,11-12H2,1-4H3,(H2,22,24,28)/b23-14+. The highest BCUT2D eigenvalue weighted by Crippen LogP contribution is 2.28. The van der Waals surface area contributed by atoms with Crippen LogP contribution in [0.25, 0.3) is 0 Å². The number of hydrogen-bond donors (Lipinski definition) is 2. The molecule has 0 atom stereocenters. The van der Waals surface area contributed by atoms with Gasteiger partial charge in [-0.3, -0.25) is 5.43 Å². The summed E-state index contributed by atoms with van der Waals surface area (Å²) in [5.74, 6) is 2.29. The van der Waals surface area contributed by atoms with Gasteiger partial charge in [-0.2, -0.15) is 5.10 Å². The number of nitrogens with one attached hydrogen (secondary N) is 2. The smallest absolute Gasteiger partial charge is 0.186 e. The first kappa shape index (κ1) is 21.5. The number of rotatable bonds is 9. The fourth-order valence-electron chi connectivity index (χ4n) is 2.55. The van der Waals surface area contributed by atoms with Crippen LogP contribution in [0.15, 0.2) is 41.5 Å². The number of hydrogen-bond acceptors (Lipinski definition) is 5. The molecule has 0 aliphatic rings. The molecule has 0 aliphatic carbocycles. The maximum Gasteiger partial charge on any atom is 0.186 e. The van der Waals surface area contributed by atoms with Crippen molar-refractivity contribution in [1.82, 2.24) is 10.7 Å². The molecule has 0 aliphatic heterocycles. The highest BCUT2D eigenvalue weighted by molar-refractivity contribution is 7.80. The quantitative estimate of drug-likeness (QED) is 0.290. The van der Waals surface area contributed by atoms with Gasteiger partial charge < -0.3 is 19.5 Å². The predicted octanol–water partition coefficient (Wildman–Crippen LogP) is 3.59. The van der Waals surface area contributed by atoms with Crippen molar-refractivity contribution in [2.75, 3.05) is 27.4 Å². The second-order valence-electron chi connectivity index (χ2n) is 6.13. The van der Waals surface area contributed by atoms with Crippen molar-refractivity contribution in [2.24, 2.45) is 5.10 Å². The van der Waals surface area contributed by atoms with Crippen molar-refractivity contribution in [2.45, 2.75) is 20.3 Å². The van der Waals surface area contributed by atoms with E-state index in [2.05, 4.69) is 41.8 Å². The maximum absolute atomic E-state index is 5.90. The van der Waals surface area contributed by atoms with Crippen LogP contribution in [0.1, 0.15) is 23.1 Å². The Morgan fingerprint density at radius 1 is 1.07 bits per heavy atom. The number of methoxy groups -OCH3 is 1. The lowest BCUT2D eigenvalue weighted by Crippen LogP contribution is -2.28. The van der Waals surface area contributed by atoms with Crippen molar-refractivity contribution >= 4 is 23.5 Å². The fraction of sp³-hybridized carbons (Fsp3) is 0.333. The Hall–Kier alpha value is -2.80. The molecular weight excluding hydrogens is 374 g/mol. The molecule has 0 aromatic heterocycles. The number of aryl methyl sites for hydroxylation is 2. The van der Waals surface area contributed by atoms with E-state index in [1.54, 1.807) is 20.4 Å². The Morgan fingerprint density at radius 2 is 1.79 bits per heavy atom. The van der Waals surface area contributed by atoms with Gasteiger partial charge in [0.15, 0.2) is 16.6 Å². The number of para-hydroxylation sites is 1. The molecule has 28 heavy (non-hydrogen) atoms. The zero-order valence-electron chi connectivity index (χ0n) is 16.7. The van der Waals surface area contributed by atoms with Crippen molar-refractivity contribution in [3.8, 4) is 17.2 Å². The van der Waals surface area contributed by atoms with Crippen molar-refractivity contribution in [3.63, 3.8) is 0 Å². The van der Waals surface area contributed by atoms with E-state index in [-0.39, 0.29) is 0 Å². The Labute approximate surface area is 171 Å². The minimum atomic E-state index is 0.450. The predicted molar refractivity (Wildman–Crippen MR) is 117 cm³/mol. The Balaban J connectivity index is 1.84. The van der Waals surface area contributed by atoms with Crippen LogP contribution in [0.2, 0.25) is 0 Å². The third kappa shape index (κ3) is 6.42. The van der Waals surface area contributed by atoms with Gasteiger partial charge in [0.25, 0.3) is 0 Å². The first-order chi connectivity index (χ1) is 13.5. The second kappa shape index (κ2) is 11.1. The molecule has 0 amide bonds. The summed E-state index contributed by atoms with van der Waals surface area (Å²) in [6, 6.07) is 11.8. The van der Waals surface area contributed by atoms with E-state index >= 15 is 0 Å². The third-order valence-electron chi connectivity index (χ3n) is 4.00. The normalized spacial score (nSPS) is 10.6. The highest BCUT2D eigenvalue weighted by atomic mass is 32.1. The van der Waals surface area contributed by atoms with E-state index in [9.17, 15) is 0 Å². The molecule has 0 saturated heterocycles. The molecule has 2 rings (SSSR count). The molecule has 2 aromatic rings. The van der Waals surface area contributed by atoms with E-state index in [0.717, 1.165) is 28.9 Å². The molecule has 0 spiro atoms. The topological polar surface area (TPSA) is 64.1 Å². The van der Waals surface area contributed by atoms with E-state index in [0.29, 0.717) is 29.8 Å². The fourth-order valence-corrected chi connectivity index (χ4v) is 2.60. The van der Waals surface area contributed by atoms with Crippen LogP contribution in [0.5, 0.6) is 17.2 Å². The summed E-state index contributed by atoms with van der Waals surface area (Å²) < 4.78 is 17.2. The average Bonchev–Trinajstić information content (AvgIpc) is 2.70. The first-order valence-corrected chi connectivity index (χ1v) is 9.46. The van der Waals surface area contributed by atoms with Gasteiger partial charge in [0, 0.05) is 13.5 Å². The van der Waals surface area contributed by atoms with Gasteiger partial charge in [0.05, 0.1) is 26.5 Å². The molecular formula is C21H27N3O3S. The molecule has 2 aromatic carbocycles. The summed E-state index contributed by atoms with van der Waals surface area (Å²) in [5.41, 5.74) is 5.86. The molecule has 6 nitrogen and oxygen atoms in total. The van der Waals surface area contributed by atoms with Crippen LogP contribution in [-0.4, -0.2) is 38.7 Å². The lowest BCUT2D eigenvalue weighted by molar-refractivity contribution is 0.239. The summed E-state index contributed by atoms with van der Waals surface area (Å²) in [5, 5.41) is 7.29. The molecule has 150 valence electrons. The molecule has 7 heteroatoms. The van der Waals surface area contributed by atoms with E-state index in [1.807, 2.05) is 24.3 Å². The second-order valence-corrected chi connectivity index (χ2v) is 6.54. The van der Waals surface area contributed by atoms with Gasteiger partial charge >= 0.3 is 0 Å². The van der Waals surface area contributed by atoms with Crippen LogP contribution in [0.3, 0.4) is 0 Å². The number of nitrogens with zero attached hydrogens (tertiary/aromatic N) is 1. The van der Waals surface area contributed by atoms with Crippen LogP contribution in [0.4, 0.5) is 0 Å². The van der Waals surface area contributed by atoms with E-state index < -0.39 is 0 Å². The molecule has 0 unspecified atom stereocenters. The lowest BCUT2D eigenvalue weighted by atomic mass is 10.1. The van der Waals surface area contributed by atoms with E-state index in [4.69, 9.17) is 26.4 Å². The minimum absolute atomic E-state index is 0.450. The number of thiocarbonyl (C=S) groups is 1. The summed E-state index contributed by atoms with van der Waals surface area (Å²) in [6.07, 6.45) is 2.43. The van der Waals surface area contributed by atoms with Crippen LogP contribution >= 0.6 is 12.2 Å². The minimum Gasteiger partial charge on any atom is -0.493 e. The van der Waals surface area contributed by atoms with Crippen molar-refractivity contribution in [3.05, 3.63) is 53.1 Å². The largest absolute Gasteiger partial charge is 0.493 e. The first-order valence-electron chi connectivity index (χ1n) is 9.05. The summed E-state index contributed by atoms with van der Waals surface area (Å²) >= 11 is 4.96. The monoisotopic (exact) mass is 401 g/mol. The van der Waals surface area contributed by atoms with Gasteiger partial charge in [-0.15, -0.1) is 0 Å². The Morgan fingerprint density at radius 3 is 2.46 bits per heavy atom. The SMILES string of the molecule is CNC(=S)N/N=C/c1ccc(OCCCOc2c(C)cccc2C)c(OC)c1. The van der Waals surface area contributed by atoms with Gasteiger partial charge in [-0.05, 0) is 61.0 Å². The molecule has 0 fully saturated rings. The highest BCUT2D eigenvalue weighted by Gasteiger charge is 2.06. The molecule has 0 bridgehead atoms. The molecule has 0 heterocycles. The van der Waals surface area contributed by atoms with Gasteiger partial charge in [-0.1, -0.05) is 18.2 Å². The zero-order valence-corrected chi connectivity index (χ0v) is 17.6. The summed E-state index contributed by atoms with van der Waals surface area (Å²) in [7, 11) is 3.34. The Bertz CT molecular complexity index is 804. The van der Waals surface area contributed by atoms with Crippen LogP contribution in [-0.2, 0) is 0 Å². The summed E-state index contributed by atoms with van der Waals surface area (Å²) in [4.78, 5) is 0.